The fraction of sp³-hybridized carbons (Fsp3) is 0.346. The summed E-state index contributed by atoms with van der Waals surface area (Å²) in [6, 6.07) is 14.7. The van der Waals surface area contributed by atoms with Crippen molar-refractivity contribution in [2.75, 3.05) is 18.6 Å². The maximum atomic E-state index is 13.1. The quantitative estimate of drug-likeness (QED) is 0.443. The molecule has 3 N–H and O–H groups in total. The van der Waals surface area contributed by atoms with E-state index in [1.807, 2.05) is 42.5 Å². The predicted octanol–water partition coefficient (Wildman–Crippen LogP) is 1.76. The third-order valence-corrected chi connectivity index (χ3v) is 6.26. The number of H-pyrrole nitrogens is 1. The Balaban J connectivity index is 1.21. The van der Waals surface area contributed by atoms with E-state index in [0.717, 1.165) is 24.0 Å². The standard InChI is InChI=1S/C26H28N6O4/c1-32-20-13-17(8-12-23(33)27-18-9-10-18)7-11-21(20)36-15-19(26(32)35)28-25(34)24-29-22(30-31-24)14-16-5-3-2-4-6-16/h2-7,11,13,18-19H,8-10,12,14-15H2,1H3,(H,27,33)(H,28,34)(H,29,30,31)/t19-/m0/s1. The van der Waals surface area contributed by atoms with Crippen LogP contribution < -0.4 is 20.3 Å². The fourth-order valence-corrected chi connectivity index (χ4v) is 4.08. The van der Waals surface area contributed by atoms with Crippen LogP contribution in [0.5, 0.6) is 5.75 Å². The van der Waals surface area contributed by atoms with Crippen LogP contribution in [-0.4, -0.2) is 58.6 Å². The zero-order chi connectivity index (χ0) is 25.1. The fourth-order valence-electron chi connectivity index (χ4n) is 4.08. The summed E-state index contributed by atoms with van der Waals surface area (Å²) in [5.74, 6) is 0.217. The first-order chi connectivity index (χ1) is 17.5. The maximum Gasteiger partial charge on any atom is 0.291 e. The van der Waals surface area contributed by atoms with Gasteiger partial charge in [-0.25, -0.2) is 4.98 Å². The molecule has 0 unspecified atom stereocenters. The van der Waals surface area contributed by atoms with Crippen molar-refractivity contribution in [2.24, 2.45) is 0 Å². The maximum absolute atomic E-state index is 13.1. The second kappa shape index (κ2) is 10.2. The van der Waals surface area contributed by atoms with Crippen molar-refractivity contribution >= 4 is 23.4 Å². The number of nitrogens with one attached hydrogen (secondary N) is 3. The summed E-state index contributed by atoms with van der Waals surface area (Å²) >= 11 is 0. The monoisotopic (exact) mass is 488 g/mol. The summed E-state index contributed by atoms with van der Waals surface area (Å²) in [6.07, 6.45) is 3.56. The van der Waals surface area contributed by atoms with E-state index in [4.69, 9.17) is 4.74 Å². The van der Waals surface area contributed by atoms with Gasteiger partial charge in [-0.1, -0.05) is 36.4 Å². The number of carbonyl (C=O) groups excluding carboxylic acids is 3. The van der Waals surface area contributed by atoms with Gasteiger partial charge in [0, 0.05) is 25.9 Å². The summed E-state index contributed by atoms with van der Waals surface area (Å²) in [5, 5.41) is 12.5. The van der Waals surface area contributed by atoms with Crippen LogP contribution in [0.2, 0.25) is 0 Å². The number of hydrogen-bond donors (Lipinski definition) is 3. The molecule has 1 aliphatic heterocycles. The van der Waals surface area contributed by atoms with E-state index in [1.54, 1.807) is 13.1 Å². The Morgan fingerprint density at radius 2 is 1.92 bits per heavy atom. The molecule has 1 fully saturated rings. The zero-order valence-corrected chi connectivity index (χ0v) is 20.0. The molecule has 5 rings (SSSR count). The van der Waals surface area contributed by atoms with Crippen LogP contribution in [-0.2, 0) is 22.4 Å². The summed E-state index contributed by atoms with van der Waals surface area (Å²) in [6.45, 7) is -0.0215. The Hall–Kier alpha value is -4.21. The van der Waals surface area contributed by atoms with Gasteiger partial charge in [-0.3, -0.25) is 19.5 Å². The zero-order valence-electron chi connectivity index (χ0n) is 20.0. The minimum Gasteiger partial charge on any atom is -0.489 e. The third-order valence-electron chi connectivity index (χ3n) is 6.26. The van der Waals surface area contributed by atoms with E-state index in [9.17, 15) is 14.4 Å². The van der Waals surface area contributed by atoms with E-state index < -0.39 is 11.9 Å². The van der Waals surface area contributed by atoms with Gasteiger partial charge in [-0.15, -0.1) is 5.10 Å². The highest BCUT2D eigenvalue weighted by molar-refractivity contribution is 6.02. The predicted molar refractivity (Wildman–Crippen MR) is 132 cm³/mol. The minimum atomic E-state index is -0.904. The lowest BCUT2D eigenvalue weighted by Gasteiger charge is -2.20. The van der Waals surface area contributed by atoms with E-state index in [2.05, 4.69) is 25.8 Å². The molecule has 1 saturated carbocycles. The van der Waals surface area contributed by atoms with Crippen LogP contribution in [0.15, 0.2) is 48.5 Å². The van der Waals surface area contributed by atoms with E-state index in [-0.39, 0.29) is 24.2 Å². The van der Waals surface area contributed by atoms with E-state index in [1.165, 1.54) is 4.90 Å². The van der Waals surface area contributed by atoms with Crippen LogP contribution in [0.4, 0.5) is 5.69 Å². The average Bonchev–Trinajstić information content (AvgIpc) is 3.60. The van der Waals surface area contributed by atoms with Crippen LogP contribution in [0.3, 0.4) is 0 Å². The SMILES string of the molecule is CN1C(=O)[C@@H](NC(=O)c2n[nH]c(Cc3ccccc3)n2)COc2ccc(CCC(=O)NC3CC3)cc21. The molecule has 3 amide bonds. The number of amides is 3. The molecule has 2 aliphatic rings. The molecule has 10 heteroatoms. The topological polar surface area (TPSA) is 129 Å². The van der Waals surface area contributed by atoms with Crippen molar-refractivity contribution in [3.8, 4) is 5.75 Å². The molecular formula is C26H28N6O4. The molecular weight excluding hydrogens is 460 g/mol. The van der Waals surface area contributed by atoms with Crippen LogP contribution in [0.1, 0.15) is 46.8 Å². The lowest BCUT2D eigenvalue weighted by Crippen LogP contribution is -2.49. The number of hydrogen-bond acceptors (Lipinski definition) is 6. The summed E-state index contributed by atoms with van der Waals surface area (Å²) < 4.78 is 5.86. The van der Waals surface area contributed by atoms with Crippen molar-refractivity contribution in [1.29, 1.82) is 0 Å². The molecule has 10 nitrogen and oxygen atoms in total. The van der Waals surface area contributed by atoms with Gasteiger partial charge in [0.05, 0.1) is 5.69 Å². The number of rotatable bonds is 8. The third kappa shape index (κ3) is 5.54. The summed E-state index contributed by atoms with van der Waals surface area (Å²) in [7, 11) is 1.64. The lowest BCUT2D eigenvalue weighted by molar-refractivity contribution is -0.121. The van der Waals surface area contributed by atoms with Gasteiger partial charge < -0.3 is 20.3 Å². The molecule has 1 aromatic heterocycles. The van der Waals surface area contributed by atoms with Crippen molar-refractivity contribution < 1.29 is 19.1 Å². The molecule has 36 heavy (non-hydrogen) atoms. The molecule has 0 radical (unpaired) electrons. The Kier molecular flexibility index (Phi) is 6.66. The number of fused-ring (bicyclic) bond motifs is 1. The Morgan fingerprint density at radius 1 is 1.11 bits per heavy atom. The number of aromatic nitrogens is 3. The molecule has 2 aromatic carbocycles. The number of likely N-dealkylation sites (N-methyl/N-ethyl adjacent to an activating group) is 1. The van der Waals surface area contributed by atoms with Gasteiger partial charge >= 0.3 is 0 Å². The van der Waals surface area contributed by atoms with Gasteiger partial charge in [0.15, 0.2) is 0 Å². The highest BCUT2D eigenvalue weighted by Gasteiger charge is 2.32. The van der Waals surface area contributed by atoms with Crippen LogP contribution in [0, 0.1) is 0 Å². The Bertz CT molecular complexity index is 1270. The number of carbonyl (C=O) groups is 3. The number of ether oxygens (including phenoxy) is 1. The molecule has 186 valence electrons. The van der Waals surface area contributed by atoms with Gasteiger partial charge in [0.2, 0.25) is 11.7 Å². The van der Waals surface area contributed by atoms with Crippen LogP contribution in [0.25, 0.3) is 0 Å². The lowest BCUT2D eigenvalue weighted by atomic mass is 10.1. The first-order valence-corrected chi connectivity index (χ1v) is 12.0. The first kappa shape index (κ1) is 23.5. The molecule has 0 saturated heterocycles. The number of benzene rings is 2. The average molecular weight is 489 g/mol. The number of anilines is 1. The van der Waals surface area contributed by atoms with Gasteiger partial charge in [-0.2, -0.15) is 0 Å². The molecule has 1 atom stereocenters. The Labute approximate surface area is 208 Å². The van der Waals surface area contributed by atoms with Gasteiger partial charge in [0.25, 0.3) is 11.8 Å². The second-order valence-electron chi connectivity index (χ2n) is 9.15. The van der Waals surface area contributed by atoms with Crippen LogP contribution >= 0.6 is 0 Å². The van der Waals surface area contributed by atoms with E-state index >= 15 is 0 Å². The number of aryl methyl sites for hydroxylation is 1. The highest BCUT2D eigenvalue weighted by Crippen LogP contribution is 2.32. The van der Waals surface area contributed by atoms with Crippen molar-refractivity contribution in [1.82, 2.24) is 25.8 Å². The smallest absolute Gasteiger partial charge is 0.291 e. The second-order valence-corrected chi connectivity index (χ2v) is 9.15. The largest absolute Gasteiger partial charge is 0.489 e. The summed E-state index contributed by atoms with van der Waals surface area (Å²) in [4.78, 5) is 43.7. The minimum absolute atomic E-state index is 0.0215. The number of nitrogens with zero attached hydrogens (tertiary/aromatic N) is 3. The number of aromatic amines is 1. The first-order valence-electron chi connectivity index (χ1n) is 12.0. The van der Waals surface area contributed by atoms with Gasteiger partial charge in [-0.05, 0) is 42.5 Å². The molecule has 1 aliphatic carbocycles. The Morgan fingerprint density at radius 3 is 2.69 bits per heavy atom. The summed E-state index contributed by atoms with van der Waals surface area (Å²) in [5.41, 5.74) is 2.56. The normalized spacial score (nSPS) is 17.1. The highest BCUT2D eigenvalue weighted by atomic mass is 16.5. The van der Waals surface area contributed by atoms with Crippen molar-refractivity contribution in [3.63, 3.8) is 0 Å². The molecule has 0 bridgehead atoms. The van der Waals surface area contributed by atoms with Crippen molar-refractivity contribution in [2.45, 2.75) is 44.2 Å². The molecule has 0 spiro atoms. The molecule has 3 aromatic rings. The van der Waals surface area contributed by atoms with Crippen molar-refractivity contribution in [3.05, 3.63) is 71.3 Å². The molecule has 2 heterocycles. The van der Waals surface area contributed by atoms with E-state index in [0.29, 0.717) is 42.6 Å². The van der Waals surface area contributed by atoms with Gasteiger partial charge in [0.1, 0.15) is 24.2 Å².